The monoisotopic (exact) mass is 310 g/mol. The van der Waals surface area contributed by atoms with Crippen LogP contribution in [0.3, 0.4) is 0 Å². The Labute approximate surface area is 137 Å². The first-order valence-electron chi connectivity index (χ1n) is 8.34. The smallest absolute Gasteiger partial charge is 0.233 e. The van der Waals surface area contributed by atoms with E-state index < -0.39 is 11.3 Å². The highest BCUT2D eigenvalue weighted by molar-refractivity contribution is 5.95. The molecule has 4 nitrogen and oxygen atoms in total. The zero-order valence-electron chi connectivity index (χ0n) is 13.7. The van der Waals surface area contributed by atoms with Gasteiger partial charge in [0.25, 0.3) is 0 Å². The summed E-state index contributed by atoms with van der Waals surface area (Å²) >= 11 is 0. The van der Waals surface area contributed by atoms with Gasteiger partial charge in [-0.2, -0.15) is 5.26 Å². The maximum atomic E-state index is 13.3. The third-order valence-corrected chi connectivity index (χ3v) is 5.76. The minimum atomic E-state index is -0.733. The third-order valence-electron chi connectivity index (χ3n) is 5.76. The predicted molar refractivity (Wildman–Crippen MR) is 86.4 cm³/mol. The molecule has 1 saturated carbocycles. The third kappa shape index (κ3) is 2.18. The van der Waals surface area contributed by atoms with Gasteiger partial charge in [0.2, 0.25) is 5.91 Å². The molecule has 1 aliphatic heterocycles. The lowest BCUT2D eigenvalue weighted by molar-refractivity contribution is -0.153. The topological polar surface area (TPSA) is 61.2 Å². The zero-order chi connectivity index (χ0) is 16.6. The molecule has 1 heterocycles. The van der Waals surface area contributed by atoms with Crippen LogP contribution in [0.2, 0.25) is 0 Å². The molecule has 23 heavy (non-hydrogen) atoms. The number of carbonyl (C=O) groups excluding carboxylic acids is 2. The van der Waals surface area contributed by atoms with Gasteiger partial charge in [0.05, 0.1) is 11.5 Å². The summed E-state index contributed by atoms with van der Waals surface area (Å²) in [7, 11) is 0. The van der Waals surface area contributed by atoms with E-state index in [9.17, 15) is 14.9 Å². The fraction of sp³-hybridized carbons (Fsp3) is 0.526. The number of hydrogen-bond acceptors (Lipinski definition) is 3. The molecule has 120 valence electrons. The number of hydrogen-bond donors (Lipinski definition) is 0. The van der Waals surface area contributed by atoms with Crippen molar-refractivity contribution in [2.24, 2.45) is 17.8 Å². The van der Waals surface area contributed by atoms with Crippen molar-refractivity contribution in [2.75, 3.05) is 13.1 Å². The fourth-order valence-corrected chi connectivity index (χ4v) is 4.54. The van der Waals surface area contributed by atoms with Gasteiger partial charge in [0.1, 0.15) is 5.92 Å². The molecule has 1 unspecified atom stereocenters. The summed E-state index contributed by atoms with van der Waals surface area (Å²) in [6.45, 7) is 5.24. The minimum absolute atomic E-state index is 0.00167. The van der Waals surface area contributed by atoms with Crippen molar-refractivity contribution in [1.82, 2.24) is 4.90 Å². The van der Waals surface area contributed by atoms with Gasteiger partial charge in [-0.3, -0.25) is 9.59 Å². The number of likely N-dealkylation sites (tertiary alicyclic amines) is 1. The molecule has 0 spiro atoms. The Morgan fingerprint density at radius 1 is 1.30 bits per heavy atom. The molecule has 1 aliphatic carbocycles. The van der Waals surface area contributed by atoms with Crippen LogP contribution in [0, 0.1) is 29.1 Å². The van der Waals surface area contributed by atoms with Crippen LogP contribution in [0.1, 0.15) is 32.3 Å². The molecule has 2 aliphatic rings. The Morgan fingerprint density at radius 3 is 2.61 bits per heavy atom. The molecular formula is C19H22N2O2. The second-order valence-corrected chi connectivity index (χ2v) is 6.69. The lowest BCUT2D eigenvalue weighted by Gasteiger charge is -2.52. The SMILES string of the molecule is CCN1CC[C@H]2[C@H](C)C(=O)C(C#N)C[C@]2(c2ccccc2)C1=O. The van der Waals surface area contributed by atoms with Gasteiger partial charge in [0.15, 0.2) is 5.78 Å². The van der Waals surface area contributed by atoms with Crippen LogP contribution in [-0.2, 0) is 15.0 Å². The van der Waals surface area contributed by atoms with Crippen molar-refractivity contribution in [3.8, 4) is 6.07 Å². The molecule has 3 rings (SSSR count). The van der Waals surface area contributed by atoms with Gasteiger partial charge in [-0.05, 0) is 31.2 Å². The van der Waals surface area contributed by atoms with Gasteiger partial charge < -0.3 is 4.90 Å². The summed E-state index contributed by atoms with van der Waals surface area (Å²) in [6.07, 6.45) is 1.14. The van der Waals surface area contributed by atoms with E-state index in [1.54, 1.807) is 0 Å². The number of benzene rings is 1. The highest BCUT2D eigenvalue weighted by Gasteiger charge is 2.59. The van der Waals surface area contributed by atoms with Crippen molar-refractivity contribution in [3.05, 3.63) is 35.9 Å². The second kappa shape index (κ2) is 5.81. The number of Topliss-reactive ketones (excluding diaryl/α,β-unsaturated/α-hetero) is 1. The second-order valence-electron chi connectivity index (χ2n) is 6.69. The molecule has 0 N–H and O–H groups in total. The molecule has 0 aromatic heterocycles. The highest BCUT2D eigenvalue weighted by atomic mass is 16.2. The van der Waals surface area contributed by atoms with E-state index in [4.69, 9.17) is 0 Å². The van der Waals surface area contributed by atoms with Gasteiger partial charge in [0, 0.05) is 19.0 Å². The Balaban J connectivity index is 2.18. The van der Waals surface area contributed by atoms with Crippen molar-refractivity contribution in [1.29, 1.82) is 5.26 Å². The van der Waals surface area contributed by atoms with Crippen LogP contribution in [-0.4, -0.2) is 29.7 Å². The number of piperidine rings is 1. The van der Waals surface area contributed by atoms with Crippen LogP contribution >= 0.6 is 0 Å². The van der Waals surface area contributed by atoms with Gasteiger partial charge in [-0.1, -0.05) is 37.3 Å². The molecule has 1 saturated heterocycles. The number of nitrogens with zero attached hydrogens (tertiary/aromatic N) is 2. The first kappa shape index (κ1) is 15.7. The highest BCUT2D eigenvalue weighted by Crippen LogP contribution is 2.51. The first-order valence-corrected chi connectivity index (χ1v) is 8.34. The Kier molecular flexibility index (Phi) is 3.97. The van der Waals surface area contributed by atoms with E-state index >= 15 is 0 Å². The maximum Gasteiger partial charge on any atom is 0.233 e. The van der Waals surface area contributed by atoms with E-state index in [0.717, 1.165) is 12.0 Å². The normalized spacial score (nSPS) is 34.0. The standard InChI is InChI=1S/C19H22N2O2/c1-3-21-10-9-16-13(2)17(22)14(12-20)11-19(16,18(21)23)15-7-5-4-6-8-15/h4-8,13-14,16H,3,9-11H2,1-2H3/t13-,14?,16-,19+/m0/s1. The molecule has 0 radical (unpaired) electrons. The molecule has 0 bridgehead atoms. The maximum absolute atomic E-state index is 13.3. The van der Waals surface area contributed by atoms with E-state index in [0.29, 0.717) is 19.5 Å². The number of ketones is 1. The van der Waals surface area contributed by atoms with Crippen molar-refractivity contribution >= 4 is 11.7 Å². The molecule has 1 amide bonds. The van der Waals surface area contributed by atoms with Crippen LogP contribution in [0.5, 0.6) is 0 Å². The molecule has 4 atom stereocenters. The number of carbonyl (C=O) groups is 2. The summed E-state index contributed by atoms with van der Waals surface area (Å²) in [6, 6.07) is 11.9. The summed E-state index contributed by atoms with van der Waals surface area (Å²) in [5.74, 6) is -0.875. The number of fused-ring (bicyclic) bond motifs is 1. The van der Waals surface area contributed by atoms with E-state index in [-0.39, 0.29) is 23.5 Å². The number of likely N-dealkylation sites (N-methyl/N-ethyl adjacent to an activating group) is 1. The molecule has 1 aromatic rings. The van der Waals surface area contributed by atoms with Crippen molar-refractivity contribution in [2.45, 2.75) is 32.1 Å². The molecule has 1 aromatic carbocycles. The number of nitriles is 1. The van der Waals surface area contributed by atoms with E-state index in [1.807, 2.05) is 49.1 Å². The lowest BCUT2D eigenvalue weighted by atomic mass is 9.53. The summed E-state index contributed by atoms with van der Waals surface area (Å²) < 4.78 is 0. The first-order chi connectivity index (χ1) is 11.1. The quantitative estimate of drug-likeness (QED) is 0.843. The van der Waals surface area contributed by atoms with E-state index in [1.165, 1.54) is 0 Å². The van der Waals surface area contributed by atoms with Crippen LogP contribution in [0.15, 0.2) is 30.3 Å². The van der Waals surface area contributed by atoms with Gasteiger partial charge in [-0.25, -0.2) is 0 Å². The summed E-state index contributed by atoms with van der Waals surface area (Å²) in [5.41, 5.74) is 0.219. The minimum Gasteiger partial charge on any atom is -0.342 e. The number of rotatable bonds is 2. The predicted octanol–water partition coefficient (Wildman–Crippen LogP) is 2.54. The fourth-order valence-electron chi connectivity index (χ4n) is 4.54. The zero-order valence-corrected chi connectivity index (χ0v) is 13.7. The largest absolute Gasteiger partial charge is 0.342 e. The molecule has 4 heteroatoms. The summed E-state index contributed by atoms with van der Waals surface area (Å²) in [4.78, 5) is 27.7. The summed E-state index contributed by atoms with van der Waals surface area (Å²) in [5, 5.41) is 9.44. The van der Waals surface area contributed by atoms with Crippen LogP contribution < -0.4 is 0 Å². The average Bonchev–Trinajstić information content (AvgIpc) is 2.59. The Bertz CT molecular complexity index is 664. The van der Waals surface area contributed by atoms with Crippen LogP contribution in [0.4, 0.5) is 0 Å². The molecular weight excluding hydrogens is 288 g/mol. The average molecular weight is 310 g/mol. The lowest BCUT2D eigenvalue weighted by Crippen LogP contribution is -2.62. The molecule has 2 fully saturated rings. The van der Waals surface area contributed by atoms with Crippen molar-refractivity contribution in [3.63, 3.8) is 0 Å². The number of amides is 1. The van der Waals surface area contributed by atoms with Crippen LogP contribution in [0.25, 0.3) is 0 Å². The van der Waals surface area contributed by atoms with Crippen molar-refractivity contribution < 1.29 is 9.59 Å². The Morgan fingerprint density at radius 2 is 2.00 bits per heavy atom. The Hall–Kier alpha value is -2.15. The van der Waals surface area contributed by atoms with E-state index in [2.05, 4.69) is 6.07 Å². The van der Waals surface area contributed by atoms with Gasteiger partial charge >= 0.3 is 0 Å². The van der Waals surface area contributed by atoms with Gasteiger partial charge in [-0.15, -0.1) is 0 Å².